The molecule has 7 heteroatoms. The minimum absolute atomic E-state index is 0.282. The van der Waals surface area contributed by atoms with Crippen LogP contribution in [0.15, 0.2) is 54.7 Å². The van der Waals surface area contributed by atoms with Crippen LogP contribution in [0.25, 0.3) is 10.9 Å². The maximum absolute atomic E-state index is 12.7. The molecule has 1 aliphatic rings. The highest BCUT2D eigenvalue weighted by atomic mass is 32.2. The first-order valence-corrected chi connectivity index (χ1v) is 9.68. The fourth-order valence-corrected chi connectivity index (χ4v) is 4.44. The third-order valence-corrected chi connectivity index (χ3v) is 5.98. The van der Waals surface area contributed by atoms with E-state index >= 15 is 0 Å². The van der Waals surface area contributed by atoms with E-state index in [0.717, 1.165) is 22.0 Å². The molecule has 26 heavy (non-hydrogen) atoms. The summed E-state index contributed by atoms with van der Waals surface area (Å²) in [6.45, 7) is 2.24. The van der Waals surface area contributed by atoms with Crippen molar-refractivity contribution in [3.05, 3.63) is 71.4 Å². The molecular weight excluding hydrogens is 350 g/mol. The second kappa shape index (κ2) is 6.10. The highest BCUT2D eigenvalue weighted by molar-refractivity contribution is 7.91. The fourth-order valence-electron chi connectivity index (χ4n) is 3.21. The fraction of sp³-hybridized carbons (Fsp3) is 0.158. The summed E-state index contributed by atoms with van der Waals surface area (Å²) in [5, 5.41) is 0.823. The van der Waals surface area contributed by atoms with Gasteiger partial charge in [-0.05, 0) is 54.8 Å². The number of anilines is 1. The minimum Gasteiger partial charge on any atom is -0.268 e. The van der Waals surface area contributed by atoms with E-state index < -0.39 is 16.1 Å². The maximum atomic E-state index is 12.7. The van der Waals surface area contributed by atoms with Crippen molar-refractivity contribution < 1.29 is 13.2 Å². The average molecular weight is 367 g/mol. The standard InChI is InChI=1S/C19H17N3O3S/c1-13-8-10-20-17-7-6-15(12-16(13)17)19(23)21-26(24,25)22-11-9-14-4-2-3-5-18(14)22/h2-8,10,12H,9,11H2,1H3,(H,21,23). The van der Waals surface area contributed by atoms with E-state index in [1.54, 1.807) is 36.5 Å². The zero-order chi connectivity index (χ0) is 18.3. The molecule has 0 radical (unpaired) electrons. The van der Waals surface area contributed by atoms with Crippen molar-refractivity contribution in [1.29, 1.82) is 0 Å². The minimum atomic E-state index is -3.97. The lowest BCUT2D eigenvalue weighted by molar-refractivity contribution is 0.0981. The van der Waals surface area contributed by atoms with Gasteiger partial charge in [0.1, 0.15) is 0 Å². The summed E-state index contributed by atoms with van der Waals surface area (Å²) in [6, 6.07) is 14.1. The normalized spacial score (nSPS) is 13.7. The molecule has 1 aromatic heterocycles. The molecule has 4 rings (SSSR count). The second-order valence-corrected chi connectivity index (χ2v) is 7.84. The Kier molecular flexibility index (Phi) is 3.88. The lowest BCUT2D eigenvalue weighted by Crippen LogP contribution is -2.42. The zero-order valence-electron chi connectivity index (χ0n) is 14.1. The van der Waals surface area contributed by atoms with Gasteiger partial charge in [0.05, 0.1) is 11.2 Å². The van der Waals surface area contributed by atoms with Gasteiger partial charge in [-0.25, -0.2) is 4.72 Å². The number of pyridine rings is 1. The Hall–Kier alpha value is -2.93. The number of carbonyl (C=O) groups is 1. The topological polar surface area (TPSA) is 79.4 Å². The molecule has 1 N–H and O–H groups in total. The number of rotatable bonds is 3. The van der Waals surface area contributed by atoms with Crippen LogP contribution in [0, 0.1) is 6.92 Å². The summed E-state index contributed by atoms with van der Waals surface area (Å²) >= 11 is 0. The van der Waals surface area contributed by atoms with Crippen LogP contribution in [-0.4, -0.2) is 25.9 Å². The van der Waals surface area contributed by atoms with Gasteiger partial charge in [-0.15, -0.1) is 0 Å². The number of amides is 1. The Morgan fingerprint density at radius 1 is 1.15 bits per heavy atom. The molecule has 0 bridgehead atoms. The summed E-state index contributed by atoms with van der Waals surface area (Å²) in [5.41, 5.74) is 3.59. The molecule has 0 fully saturated rings. The van der Waals surface area contributed by atoms with E-state index in [4.69, 9.17) is 0 Å². The van der Waals surface area contributed by atoms with E-state index in [2.05, 4.69) is 9.71 Å². The Morgan fingerprint density at radius 3 is 2.81 bits per heavy atom. The van der Waals surface area contributed by atoms with Crippen LogP contribution < -0.4 is 9.03 Å². The molecule has 3 aromatic rings. The van der Waals surface area contributed by atoms with E-state index in [0.29, 0.717) is 18.7 Å². The van der Waals surface area contributed by atoms with Crippen LogP contribution in [0.4, 0.5) is 5.69 Å². The summed E-state index contributed by atoms with van der Waals surface area (Å²) in [7, 11) is -3.97. The molecule has 132 valence electrons. The van der Waals surface area contributed by atoms with Gasteiger partial charge in [-0.3, -0.25) is 14.1 Å². The first kappa shape index (κ1) is 16.5. The molecule has 6 nitrogen and oxygen atoms in total. The molecule has 2 aromatic carbocycles. The number of fused-ring (bicyclic) bond motifs is 2. The van der Waals surface area contributed by atoms with Gasteiger partial charge in [-0.1, -0.05) is 18.2 Å². The van der Waals surface area contributed by atoms with Crippen LogP contribution >= 0.6 is 0 Å². The van der Waals surface area contributed by atoms with Gasteiger partial charge >= 0.3 is 10.2 Å². The largest absolute Gasteiger partial charge is 0.326 e. The Balaban J connectivity index is 1.63. The Bertz CT molecular complexity index is 1130. The van der Waals surface area contributed by atoms with Crippen molar-refractivity contribution in [2.75, 3.05) is 10.8 Å². The highest BCUT2D eigenvalue weighted by Crippen LogP contribution is 2.29. The zero-order valence-corrected chi connectivity index (χ0v) is 15.0. The monoisotopic (exact) mass is 367 g/mol. The maximum Gasteiger partial charge on any atom is 0.326 e. The van der Waals surface area contributed by atoms with Crippen LogP contribution in [0.2, 0.25) is 0 Å². The molecule has 1 amide bonds. The Morgan fingerprint density at radius 2 is 1.96 bits per heavy atom. The van der Waals surface area contributed by atoms with Crippen molar-refractivity contribution in [1.82, 2.24) is 9.71 Å². The third-order valence-electron chi connectivity index (χ3n) is 4.58. The van der Waals surface area contributed by atoms with Crippen LogP contribution in [0.5, 0.6) is 0 Å². The third kappa shape index (κ3) is 2.80. The van der Waals surface area contributed by atoms with Gasteiger partial charge in [0.2, 0.25) is 0 Å². The van der Waals surface area contributed by atoms with Gasteiger partial charge in [0.25, 0.3) is 5.91 Å². The summed E-state index contributed by atoms with van der Waals surface area (Å²) in [5.74, 6) is -0.653. The van der Waals surface area contributed by atoms with Crippen molar-refractivity contribution >= 4 is 32.7 Å². The summed E-state index contributed by atoms with van der Waals surface area (Å²) in [4.78, 5) is 16.8. The number of hydrogen-bond donors (Lipinski definition) is 1. The number of para-hydroxylation sites is 1. The molecule has 1 aliphatic heterocycles. The second-order valence-electron chi connectivity index (χ2n) is 6.25. The molecule has 2 heterocycles. The predicted molar refractivity (Wildman–Crippen MR) is 100 cm³/mol. The van der Waals surface area contributed by atoms with E-state index in [1.807, 2.05) is 25.1 Å². The van der Waals surface area contributed by atoms with Crippen molar-refractivity contribution in [2.45, 2.75) is 13.3 Å². The van der Waals surface area contributed by atoms with Gasteiger partial charge in [0.15, 0.2) is 0 Å². The van der Waals surface area contributed by atoms with Crippen LogP contribution in [0.1, 0.15) is 21.5 Å². The SMILES string of the molecule is Cc1ccnc2ccc(C(=O)NS(=O)(=O)N3CCc4ccccc43)cc12. The molecule has 0 saturated heterocycles. The lowest BCUT2D eigenvalue weighted by atomic mass is 10.1. The number of nitrogens with one attached hydrogen (secondary N) is 1. The first-order chi connectivity index (χ1) is 12.5. The number of benzene rings is 2. The van der Waals surface area contributed by atoms with Crippen molar-refractivity contribution in [2.24, 2.45) is 0 Å². The predicted octanol–water partition coefficient (Wildman–Crippen LogP) is 2.58. The number of hydrogen-bond acceptors (Lipinski definition) is 4. The van der Waals surface area contributed by atoms with Crippen molar-refractivity contribution in [3.63, 3.8) is 0 Å². The molecule has 0 aliphatic carbocycles. The number of carbonyl (C=O) groups excluding carboxylic acids is 1. The lowest BCUT2D eigenvalue weighted by Gasteiger charge is -2.19. The van der Waals surface area contributed by atoms with Gasteiger partial charge in [0, 0.05) is 23.7 Å². The number of aromatic nitrogens is 1. The van der Waals surface area contributed by atoms with Gasteiger partial charge in [-0.2, -0.15) is 8.42 Å². The number of nitrogens with zero attached hydrogens (tertiary/aromatic N) is 2. The summed E-state index contributed by atoms with van der Waals surface area (Å²) in [6.07, 6.45) is 2.33. The quantitative estimate of drug-likeness (QED) is 0.772. The van der Waals surface area contributed by atoms with E-state index in [9.17, 15) is 13.2 Å². The summed E-state index contributed by atoms with van der Waals surface area (Å²) < 4.78 is 28.8. The first-order valence-electron chi connectivity index (χ1n) is 8.24. The molecular formula is C19H17N3O3S. The highest BCUT2D eigenvalue weighted by Gasteiger charge is 2.30. The molecule has 0 unspecified atom stereocenters. The number of aryl methyl sites for hydroxylation is 1. The van der Waals surface area contributed by atoms with Crippen LogP contribution in [0.3, 0.4) is 0 Å². The van der Waals surface area contributed by atoms with E-state index in [1.165, 1.54) is 4.31 Å². The Labute approximate surface area is 151 Å². The van der Waals surface area contributed by atoms with Crippen molar-refractivity contribution in [3.8, 4) is 0 Å². The average Bonchev–Trinajstić information content (AvgIpc) is 3.06. The molecule has 0 saturated carbocycles. The van der Waals surface area contributed by atoms with Crippen LogP contribution in [-0.2, 0) is 16.6 Å². The molecule has 0 atom stereocenters. The molecule has 0 spiro atoms. The van der Waals surface area contributed by atoms with Gasteiger partial charge < -0.3 is 0 Å². The smallest absolute Gasteiger partial charge is 0.268 e. The van der Waals surface area contributed by atoms with E-state index in [-0.39, 0.29) is 5.56 Å².